The molecule has 0 aromatic rings. The van der Waals surface area contributed by atoms with Gasteiger partial charge in [-0.1, -0.05) is 126 Å². The van der Waals surface area contributed by atoms with Gasteiger partial charge < -0.3 is 9.84 Å². The van der Waals surface area contributed by atoms with Crippen molar-refractivity contribution in [2.75, 3.05) is 0 Å². The fourth-order valence-corrected chi connectivity index (χ4v) is 4.38. The maximum Gasteiger partial charge on any atom is 0.306 e. The van der Waals surface area contributed by atoms with Gasteiger partial charge in [0, 0.05) is 12.8 Å². The Hall–Kier alpha value is -2.36. The molecule has 0 spiro atoms. The number of carboxylic acids is 1. The molecule has 0 aromatic carbocycles. The van der Waals surface area contributed by atoms with Crippen molar-refractivity contribution in [1.82, 2.24) is 0 Å². The Balaban J connectivity index is 3.85. The SMILES string of the molecule is CC/C=C\C/C=C\C/C=C\C/C=C\C/C=C\CCCC(=O)OC(CCCC)CCCCCCCCCCC(=O)O. The Kier molecular flexibility index (Phi) is 29.3. The summed E-state index contributed by atoms with van der Waals surface area (Å²) in [5.74, 6) is -0.738. The fourth-order valence-electron chi connectivity index (χ4n) is 4.38. The van der Waals surface area contributed by atoms with Gasteiger partial charge in [-0.15, -0.1) is 0 Å². The molecule has 4 nitrogen and oxygen atoms in total. The lowest BCUT2D eigenvalue weighted by Crippen LogP contribution is -2.18. The van der Waals surface area contributed by atoms with E-state index < -0.39 is 5.97 Å². The highest BCUT2D eigenvalue weighted by Gasteiger charge is 2.13. The van der Waals surface area contributed by atoms with Gasteiger partial charge in [0.05, 0.1) is 0 Å². The van der Waals surface area contributed by atoms with E-state index in [2.05, 4.69) is 74.6 Å². The molecule has 0 aliphatic rings. The van der Waals surface area contributed by atoms with Crippen LogP contribution in [0.25, 0.3) is 0 Å². The van der Waals surface area contributed by atoms with Gasteiger partial charge in [0.15, 0.2) is 0 Å². The monoisotopic (exact) mass is 556 g/mol. The molecule has 1 atom stereocenters. The van der Waals surface area contributed by atoms with Gasteiger partial charge in [-0.25, -0.2) is 0 Å². The van der Waals surface area contributed by atoms with Crippen LogP contribution in [0.2, 0.25) is 0 Å². The normalized spacial score (nSPS) is 13.1. The zero-order valence-corrected chi connectivity index (χ0v) is 25.9. The number of carbonyl (C=O) groups is 2. The average Bonchev–Trinajstić information content (AvgIpc) is 2.94. The zero-order chi connectivity index (χ0) is 29.4. The number of hydrogen-bond acceptors (Lipinski definition) is 3. The van der Waals surface area contributed by atoms with Crippen molar-refractivity contribution in [3.8, 4) is 0 Å². The summed E-state index contributed by atoms with van der Waals surface area (Å²) in [5.41, 5.74) is 0. The summed E-state index contributed by atoms with van der Waals surface area (Å²) >= 11 is 0. The summed E-state index contributed by atoms with van der Waals surface area (Å²) in [4.78, 5) is 22.9. The lowest BCUT2D eigenvalue weighted by Gasteiger charge is -2.17. The van der Waals surface area contributed by atoms with Gasteiger partial charge in [-0.05, 0) is 70.6 Å². The minimum absolute atomic E-state index is 0.0465. The molecule has 0 saturated carbocycles. The van der Waals surface area contributed by atoms with Gasteiger partial charge in [-0.2, -0.15) is 0 Å². The van der Waals surface area contributed by atoms with Crippen molar-refractivity contribution in [3.05, 3.63) is 60.8 Å². The Morgan fingerprint density at radius 2 is 1.05 bits per heavy atom. The van der Waals surface area contributed by atoms with Crippen molar-refractivity contribution in [1.29, 1.82) is 0 Å². The standard InChI is InChI=1S/C36H60O4/c1-3-5-7-8-9-10-11-12-13-14-15-16-17-18-23-26-29-33-36(39)40-34(30-6-4-2)31-27-24-21-19-20-22-25-28-32-35(37)38/h5,7,9-10,12-13,15-16,18,23,34H,3-4,6,8,11,14,17,19-22,24-33H2,1-2H3,(H,37,38)/b7-5-,10-9-,13-12-,16-15-,23-18-. The van der Waals surface area contributed by atoms with E-state index in [1.807, 2.05) is 0 Å². The summed E-state index contributed by atoms with van der Waals surface area (Å²) in [5, 5.41) is 8.67. The highest BCUT2D eigenvalue weighted by Crippen LogP contribution is 2.17. The van der Waals surface area contributed by atoms with Crippen LogP contribution in [0.1, 0.15) is 149 Å². The molecule has 0 fully saturated rings. The first-order chi connectivity index (χ1) is 19.6. The molecule has 4 heteroatoms. The summed E-state index contributed by atoms with van der Waals surface area (Å²) in [6.45, 7) is 4.33. The molecule has 0 amide bonds. The number of esters is 1. The third-order valence-corrected chi connectivity index (χ3v) is 6.75. The summed E-state index contributed by atoms with van der Waals surface area (Å²) in [6, 6.07) is 0. The van der Waals surface area contributed by atoms with Gasteiger partial charge in [-0.3, -0.25) is 9.59 Å². The van der Waals surface area contributed by atoms with E-state index in [9.17, 15) is 9.59 Å². The largest absolute Gasteiger partial charge is 0.481 e. The molecule has 0 aliphatic carbocycles. The van der Waals surface area contributed by atoms with E-state index in [1.54, 1.807) is 0 Å². The topological polar surface area (TPSA) is 63.6 Å². The van der Waals surface area contributed by atoms with Crippen molar-refractivity contribution in [3.63, 3.8) is 0 Å². The number of rotatable bonds is 28. The zero-order valence-electron chi connectivity index (χ0n) is 25.9. The van der Waals surface area contributed by atoms with Crippen molar-refractivity contribution < 1.29 is 19.4 Å². The predicted molar refractivity (Wildman–Crippen MR) is 172 cm³/mol. The molecular formula is C36H60O4. The maximum absolute atomic E-state index is 12.4. The van der Waals surface area contributed by atoms with E-state index in [0.717, 1.165) is 96.3 Å². The van der Waals surface area contributed by atoms with Crippen LogP contribution in [-0.4, -0.2) is 23.1 Å². The van der Waals surface area contributed by atoms with Crippen LogP contribution in [0.4, 0.5) is 0 Å². The van der Waals surface area contributed by atoms with E-state index in [4.69, 9.17) is 9.84 Å². The molecule has 40 heavy (non-hydrogen) atoms. The Bertz CT molecular complexity index is 729. The fraction of sp³-hybridized carbons (Fsp3) is 0.667. The summed E-state index contributed by atoms with van der Waals surface area (Å²) in [7, 11) is 0. The molecule has 0 aromatic heterocycles. The average molecular weight is 557 g/mol. The van der Waals surface area contributed by atoms with Gasteiger partial charge in [0.1, 0.15) is 6.10 Å². The van der Waals surface area contributed by atoms with Gasteiger partial charge in [0.2, 0.25) is 0 Å². The molecule has 228 valence electrons. The minimum Gasteiger partial charge on any atom is -0.481 e. The number of carbonyl (C=O) groups excluding carboxylic acids is 1. The van der Waals surface area contributed by atoms with E-state index in [1.165, 1.54) is 25.7 Å². The van der Waals surface area contributed by atoms with Crippen LogP contribution in [0.5, 0.6) is 0 Å². The van der Waals surface area contributed by atoms with Crippen LogP contribution in [-0.2, 0) is 14.3 Å². The van der Waals surface area contributed by atoms with E-state index in [0.29, 0.717) is 12.8 Å². The van der Waals surface area contributed by atoms with Crippen molar-refractivity contribution in [2.24, 2.45) is 0 Å². The second-order valence-electron chi connectivity index (χ2n) is 10.6. The molecule has 0 bridgehead atoms. The molecule has 0 saturated heterocycles. The number of aliphatic carboxylic acids is 1. The molecule has 0 heterocycles. The van der Waals surface area contributed by atoms with Crippen LogP contribution in [0.15, 0.2) is 60.8 Å². The number of carboxylic acid groups (broad SMARTS) is 1. The summed E-state index contributed by atoms with van der Waals surface area (Å²) in [6.07, 6.45) is 42.7. The van der Waals surface area contributed by atoms with Crippen LogP contribution in [0.3, 0.4) is 0 Å². The molecule has 1 unspecified atom stereocenters. The van der Waals surface area contributed by atoms with Crippen LogP contribution < -0.4 is 0 Å². The first-order valence-electron chi connectivity index (χ1n) is 16.3. The maximum atomic E-state index is 12.4. The molecular weight excluding hydrogens is 496 g/mol. The first-order valence-corrected chi connectivity index (χ1v) is 16.3. The van der Waals surface area contributed by atoms with Crippen LogP contribution >= 0.6 is 0 Å². The second-order valence-corrected chi connectivity index (χ2v) is 10.6. The quantitative estimate of drug-likeness (QED) is 0.0591. The highest BCUT2D eigenvalue weighted by atomic mass is 16.5. The van der Waals surface area contributed by atoms with Crippen molar-refractivity contribution >= 4 is 11.9 Å². The Morgan fingerprint density at radius 1 is 0.575 bits per heavy atom. The number of ether oxygens (including phenoxy) is 1. The molecule has 0 radical (unpaired) electrons. The highest BCUT2D eigenvalue weighted by molar-refractivity contribution is 5.69. The predicted octanol–water partition coefficient (Wildman–Crippen LogP) is 11.0. The van der Waals surface area contributed by atoms with E-state index >= 15 is 0 Å². The second kappa shape index (κ2) is 31.2. The number of hydrogen-bond donors (Lipinski definition) is 1. The van der Waals surface area contributed by atoms with Crippen molar-refractivity contribution in [2.45, 2.75) is 155 Å². The molecule has 0 aliphatic heterocycles. The van der Waals surface area contributed by atoms with Crippen LogP contribution in [0, 0.1) is 0 Å². The third-order valence-electron chi connectivity index (χ3n) is 6.75. The first kappa shape index (κ1) is 37.6. The molecule has 1 N–H and O–H groups in total. The smallest absolute Gasteiger partial charge is 0.306 e. The summed E-state index contributed by atoms with van der Waals surface area (Å²) < 4.78 is 5.84. The Labute approximate surface area is 246 Å². The number of allylic oxidation sites excluding steroid dienone is 10. The molecule has 0 rings (SSSR count). The lowest BCUT2D eigenvalue weighted by molar-refractivity contribution is -0.150. The third kappa shape index (κ3) is 30.2. The number of unbranched alkanes of at least 4 members (excludes halogenated alkanes) is 9. The van der Waals surface area contributed by atoms with Gasteiger partial charge in [0.25, 0.3) is 0 Å². The Morgan fingerprint density at radius 3 is 1.57 bits per heavy atom. The van der Waals surface area contributed by atoms with E-state index in [-0.39, 0.29) is 12.1 Å². The minimum atomic E-state index is -0.691. The van der Waals surface area contributed by atoms with Gasteiger partial charge >= 0.3 is 11.9 Å². The lowest BCUT2D eigenvalue weighted by atomic mass is 10.0.